The summed E-state index contributed by atoms with van der Waals surface area (Å²) in [6, 6.07) is 5.82. The summed E-state index contributed by atoms with van der Waals surface area (Å²) >= 11 is 0. The monoisotopic (exact) mass is 231 g/mol. The van der Waals surface area contributed by atoms with Crippen LogP contribution in [0.15, 0.2) is 24.4 Å². The number of esters is 1. The van der Waals surface area contributed by atoms with Crippen LogP contribution in [0.5, 0.6) is 0 Å². The second-order valence-electron chi connectivity index (χ2n) is 3.83. The third-order valence-corrected chi connectivity index (χ3v) is 2.60. The van der Waals surface area contributed by atoms with Gasteiger partial charge in [0.2, 0.25) is 0 Å². The molecule has 0 fully saturated rings. The van der Waals surface area contributed by atoms with Crippen molar-refractivity contribution < 1.29 is 14.3 Å². The van der Waals surface area contributed by atoms with E-state index >= 15 is 0 Å². The maximum atomic E-state index is 10.8. The highest BCUT2D eigenvalue weighted by Gasteiger charge is 2.04. The van der Waals surface area contributed by atoms with Crippen molar-refractivity contribution in [3.8, 4) is 0 Å². The maximum Gasteiger partial charge on any atom is 0.302 e. The fourth-order valence-corrected chi connectivity index (χ4v) is 1.75. The molecule has 2 rings (SSSR count). The van der Waals surface area contributed by atoms with Crippen LogP contribution in [0.25, 0.3) is 10.9 Å². The van der Waals surface area contributed by atoms with Gasteiger partial charge in [0.1, 0.15) is 0 Å². The number of rotatable bonds is 4. The van der Waals surface area contributed by atoms with Crippen molar-refractivity contribution >= 4 is 23.2 Å². The summed E-state index contributed by atoms with van der Waals surface area (Å²) in [6.07, 6.45) is 3.17. The Hall–Kier alpha value is -2.10. The van der Waals surface area contributed by atoms with E-state index in [1.54, 1.807) is 6.20 Å². The van der Waals surface area contributed by atoms with Crippen LogP contribution in [0.1, 0.15) is 22.8 Å². The summed E-state index contributed by atoms with van der Waals surface area (Å²) in [5, 5.41) is 0.903. The van der Waals surface area contributed by atoms with Crippen molar-refractivity contribution in [2.24, 2.45) is 0 Å². The molecule has 1 heterocycles. The summed E-state index contributed by atoms with van der Waals surface area (Å²) in [5.41, 5.74) is 2.62. The topological polar surface area (TPSA) is 59.2 Å². The van der Waals surface area contributed by atoms with Gasteiger partial charge in [-0.2, -0.15) is 0 Å². The van der Waals surface area contributed by atoms with Crippen LogP contribution in [0.3, 0.4) is 0 Å². The van der Waals surface area contributed by atoms with E-state index in [2.05, 4.69) is 4.98 Å². The van der Waals surface area contributed by atoms with Gasteiger partial charge in [-0.1, -0.05) is 6.07 Å². The maximum absolute atomic E-state index is 10.8. The van der Waals surface area contributed by atoms with Crippen LogP contribution in [0, 0.1) is 0 Å². The number of nitrogens with one attached hydrogen (secondary N) is 1. The molecule has 0 amide bonds. The zero-order valence-electron chi connectivity index (χ0n) is 9.53. The van der Waals surface area contributed by atoms with Gasteiger partial charge in [-0.3, -0.25) is 9.59 Å². The minimum atomic E-state index is -0.277. The number of fused-ring (bicyclic) bond motifs is 1. The Kier molecular flexibility index (Phi) is 3.23. The van der Waals surface area contributed by atoms with Crippen molar-refractivity contribution in [3.63, 3.8) is 0 Å². The van der Waals surface area contributed by atoms with Gasteiger partial charge in [-0.15, -0.1) is 0 Å². The number of ether oxygens (including phenoxy) is 1. The first-order chi connectivity index (χ1) is 8.20. The van der Waals surface area contributed by atoms with E-state index in [0.29, 0.717) is 18.6 Å². The average Bonchev–Trinajstić information content (AvgIpc) is 2.70. The molecular weight excluding hydrogens is 218 g/mol. The number of hydrogen-bond donors (Lipinski definition) is 1. The first kappa shape index (κ1) is 11.4. The predicted octanol–water partition coefficient (Wildman–Crippen LogP) is 2.09. The Labute approximate surface area is 98.6 Å². The van der Waals surface area contributed by atoms with Gasteiger partial charge in [0.05, 0.1) is 6.61 Å². The Morgan fingerprint density at radius 3 is 3.00 bits per heavy atom. The van der Waals surface area contributed by atoms with Crippen LogP contribution in [0.2, 0.25) is 0 Å². The van der Waals surface area contributed by atoms with Gasteiger partial charge >= 0.3 is 5.97 Å². The SMILES string of the molecule is CC(=O)OCCc1ccc2[nH]cc(C=O)c2c1. The molecule has 0 saturated carbocycles. The van der Waals surface area contributed by atoms with E-state index in [4.69, 9.17) is 4.74 Å². The molecule has 0 radical (unpaired) electrons. The molecule has 0 aliphatic rings. The molecule has 1 aromatic carbocycles. The smallest absolute Gasteiger partial charge is 0.302 e. The lowest BCUT2D eigenvalue weighted by Crippen LogP contribution is -2.03. The fraction of sp³-hybridized carbons (Fsp3) is 0.231. The van der Waals surface area contributed by atoms with Gasteiger partial charge in [0.15, 0.2) is 6.29 Å². The van der Waals surface area contributed by atoms with Crippen LogP contribution < -0.4 is 0 Å². The van der Waals surface area contributed by atoms with Gasteiger partial charge in [-0.25, -0.2) is 0 Å². The Morgan fingerprint density at radius 2 is 2.29 bits per heavy atom. The Balaban J connectivity index is 2.18. The van der Waals surface area contributed by atoms with Crippen LogP contribution in [0.4, 0.5) is 0 Å². The molecule has 2 aromatic rings. The highest BCUT2D eigenvalue weighted by molar-refractivity contribution is 5.97. The predicted molar refractivity (Wildman–Crippen MR) is 64.0 cm³/mol. The minimum absolute atomic E-state index is 0.277. The number of carbonyl (C=O) groups is 2. The van der Waals surface area contributed by atoms with E-state index in [1.165, 1.54) is 6.92 Å². The lowest BCUT2D eigenvalue weighted by atomic mass is 10.1. The first-order valence-electron chi connectivity index (χ1n) is 5.39. The van der Waals surface area contributed by atoms with Gasteiger partial charge < -0.3 is 9.72 Å². The van der Waals surface area contributed by atoms with Crippen molar-refractivity contribution in [3.05, 3.63) is 35.5 Å². The van der Waals surface area contributed by atoms with E-state index in [-0.39, 0.29) is 5.97 Å². The third-order valence-electron chi connectivity index (χ3n) is 2.60. The lowest BCUT2D eigenvalue weighted by molar-refractivity contribution is -0.140. The zero-order chi connectivity index (χ0) is 12.3. The van der Waals surface area contributed by atoms with Crippen molar-refractivity contribution in [2.45, 2.75) is 13.3 Å². The number of aldehydes is 1. The molecule has 0 aliphatic heterocycles. The highest BCUT2D eigenvalue weighted by Crippen LogP contribution is 2.18. The van der Waals surface area contributed by atoms with Gasteiger partial charge in [-0.05, 0) is 17.7 Å². The summed E-state index contributed by atoms with van der Waals surface area (Å²) in [5.74, 6) is -0.277. The average molecular weight is 231 g/mol. The Morgan fingerprint density at radius 1 is 1.47 bits per heavy atom. The summed E-state index contributed by atoms with van der Waals surface area (Å²) in [7, 11) is 0. The van der Waals surface area contributed by atoms with Crippen molar-refractivity contribution in [2.75, 3.05) is 6.61 Å². The standard InChI is InChI=1S/C13H13NO3/c1-9(16)17-5-4-10-2-3-13-12(6-10)11(8-15)7-14-13/h2-3,6-8,14H,4-5H2,1H3. The molecule has 0 unspecified atom stereocenters. The molecule has 17 heavy (non-hydrogen) atoms. The third kappa shape index (κ3) is 2.53. The zero-order valence-corrected chi connectivity index (χ0v) is 9.53. The number of H-pyrrole nitrogens is 1. The quantitative estimate of drug-likeness (QED) is 0.647. The molecule has 4 nitrogen and oxygen atoms in total. The van der Waals surface area contributed by atoms with E-state index in [9.17, 15) is 9.59 Å². The largest absolute Gasteiger partial charge is 0.466 e. The molecule has 0 saturated heterocycles. The van der Waals surface area contributed by atoms with E-state index < -0.39 is 0 Å². The minimum Gasteiger partial charge on any atom is -0.466 e. The molecule has 0 atom stereocenters. The highest BCUT2D eigenvalue weighted by atomic mass is 16.5. The van der Waals surface area contributed by atoms with Crippen molar-refractivity contribution in [1.82, 2.24) is 4.98 Å². The van der Waals surface area contributed by atoms with Crippen LogP contribution >= 0.6 is 0 Å². The molecule has 0 bridgehead atoms. The van der Waals surface area contributed by atoms with Crippen LogP contribution in [-0.2, 0) is 16.0 Å². The number of aromatic nitrogens is 1. The fourth-order valence-electron chi connectivity index (χ4n) is 1.75. The summed E-state index contributed by atoms with van der Waals surface area (Å²) in [6.45, 7) is 1.75. The molecule has 0 aliphatic carbocycles. The summed E-state index contributed by atoms with van der Waals surface area (Å²) in [4.78, 5) is 24.5. The molecule has 1 aromatic heterocycles. The number of aromatic amines is 1. The van der Waals surface area contributed by atoms with Gasteiger partial charge in [0.25, 0.3) is 0 Å². The van der Waals surface area contributed by atoms with E-state index in [0.717, 1.165) is 22.8 Å². The molecule has 88 valence electrons. The number of benzene rings is 1. The molecule has 0 spiro atoms. The number of hydrogen-bond acceptors (Lipinski definition) is 3. The van der Waals surface area contributed by atoms with Gasteiger partial charge in [0, 0.05) is 36.0 Å². The normalized spacial score (nSPS) is 10.4. The van der Waals surface area contributed by atoms with Crippen molar-refractivity contribution in [1.29, 1.82) is 0 Å². The lowest BCUT2D eigenvalue weighted by Gasteiger charge is -2.02. The molecule has 1 N–H and O–H groups in total. The van der Waals surface area contributed by atoms with E-state index in [1.807, 2.05) is 18.2 Å². The molecule has 4 heteroatoms. The number of carbonyl (C=O) groups excluding carboxylic acids is 2. The summed E-state index contributed by atoms with van der Waals surface area (Å²) < 4.78 is 4.88. The first-order valence-corrected chi connectivity index (χ1v) is 5.39. The Bertz CT molecular complexity index is 557. The van der Waals surface area contributed by atoms with Crippen LogP contribution in [-0.4, -0.2) is 23.8 Å². The second-order valence-corrected chi connectivity index (χ2v) is 3.83. The molecular formula is C13H13NO3. The second kappa shape index (κ2) is 4.82.